The molecule has 0 bridgehead atoms. The number of nitrogens with zero attached hydrogens (tertiary/aromatic N) is 1. The van der Waals surface area contributed by atoms with Crippen molar-refractivity contribution in [3.8, 4) is 5.88 Å². The fourth-order valence-corrected chi connectivity index (χ4v) is 8.17. The average Bonchev–Trinajstić information content (AvgIpc) is 3.36. The zero-order valence-electron chi connectivity index (χ0n) is 22.1. The third kappa shape index (κ3) is 4.45. The maximum atomic E-state index is 14.8. The molecule has 1 aromatic carbocycles. The number of piperidine rings is 1. The number of halogens is 1. The van der Waals surface area contributed by atoms with Gasteiger partial charge in [0.1, 0.15) is 5.82 Å². The third-order valence-electron chi connectivity index (χ3n) is 10.0. The third-order valence-corrected chi connectivity index (χ3v) is 10.0. The molecule has 2 aromatic rings. The minimum absolute atomic E-state index is 0.0653. The van der Waals surface area contributed by atoms with Gasteiger partial charge in [0.2, 0.25) is 5.91 Å². The number of likely N-dealkylation sites (tertiary alicyclic amines) is 1. The molecule has 198 valence electrons. The van der Waals surface area contributed by atoms with Crippen LogP contribution in [-0.2, 0) is 16.6 Å². The Bertz CT molecular complexity index is 1130. The average molecular weight is 507 g/mol. The molecule has 1 spiro atoms. The molecule has 5 nitrogen and oxygen atoms in total. The van der Waals surface area contributed by atoms with E-state index in [0.717, 1.165) is 63.2 Å². The first kappa shape index (κ1) is 24.8. The van der Waals surface area contributed by atoms with Gasteiger partial charge in [-0.2, -0.15) is 4.98 Å². The maximum absolute atomic E-state index is 14.8. The summed E-state index contributed by atoms with van der Waals surface area (Å²) in [5, 5.41) is 3.62. The molecule has 3 heterocycles. The van der Waals surface area contributed by atoms with Crippen molar-refractivity contribution in [3.05, 3.63) is 59.0 Å². The molecule has 2 N–H and O–H groups in total. The highest BCUT2D eigenvalue weighted by Crippen LogP contribution is 2.47. The van der Waals surface area contributed by atoms with Crippen LogP contribution in [0.5, 0.6) is 5.88 Å². The molecule has 4 atom stereocenters. The van der Waals surface area contributed by atoms with Crippen LogP contribution in [0.4, 0.5) is 4.39 Å². The van der Waals surface area contributed by atoms with Gasteiger partial charge in [0, 0.05) is 43.1 Å². The maximum Gasteiger partial charge on any atom is 0.366 e. The SMILES string of the molecule is COc1ccc2c([nH+]1)CCC[C@]21CNC[C@H]1C(=O)N1CC[C@@H](c2ccccc2F)C[C@H]1C1CCCCC1. The number of rotatable bonds is 4. The largest absolute Gasteiger partial charge is 0.448 e. The second-order valence-electron chi connectivity index (χ2n) is 11.9. The summed E-state index contributed by atoms with van der Waals surface area (Å²) in [6.45, 7) is 2.30. The second-order valence-corrected chi connectivity index (χ2v) is 11.9. The van der Waals surface area contributed by atoms with Gasteiger partial charge in [-0.3, -0.25) is 4.79 Å². The summed E-state index contributed by atoms with van der Waals surface area (Å²) >= 11 is 0. The standard InChI is InChI=1S/C31H40FN3O2/c1-37-29-14-13-24-27(34-29)12-7-16-31(24)20-33-19-25(31)30(36)35-17-15-22(23-10-5-6-11-26(23)32)18-28(35)21-8-3-2-4-9-21/h5-6,10-11,13-14,21-22,25,28,33H,2-4,7-9,12,15-20H2,1H3/p+1/t22-,25+,28+,31+/m1/s1. The number of H-pyrrole nitrogens is 1. The Morgan fingerprint density at radius 3 is 2.76 bits per heavy atom. The molecule has 1 saturated carbocycles. The zero-order valence-corrected chi connectivity index (χ0v) is 22.1. The number of fused-ring (bicyclic) bond motifs is 2. The Hall–Kier alpha value is -2.47. The van der Waals surface area contributed by atoms with E-state index in [4.69, 9.17) is 4.74 Å². The number of ether oxygens (including phenoxy) is 1. The van der Waals surface area contributed by atoms with Crippen molar-refractivity contribution in [1.82, 2.24) is 10.2 Å². The van der Waals surface area contributed by atoms with Crippen LogP contribution in [-0.4, -0.2) is 43.6 Å². The lowest BCUT2D eigenvalue weighted by atomic mass is 9.64. The first-order valence-corrected chi connectivity index (χ1v) is 14.5. The van der Waals surface area contributed by atoms with E-state index in [9.17, 15) is 9.18 Å². The number of benzene rings is 1. The lowest BCUT2D eigenvalue weighted by Crippen LogP contribution is -2.55. The molecule has 2 saturated heterocycles. The Morgan fingerprint density at radius 1 is 1.11 bits per heavy atom. The summed E-state index contributed by atoms with van der Waals surface area (Å²) in [5.41, 5.74) is 3.17. The van der Waals surface area contributed by atoms with Crippen LogP contribution < -0.4 is 15.0 Å². The first-order valence-electron chi connectivity index (χ1n) is 14.5. The van der Waals surface area contributed by atoms with Crippen LogP contribution in [0.3, 0.4) is 0 Å². The van der Waals surface area contributed by atoms with Crippen molar-refractivity contribution in [2.24, 2.45) is 11.8 Å². The molecular formula is C31H41FN3O2+. The Kier molecular flexibility index (Phi) is 6.95. The van der Waals surface area contributed by atoms with Gasteiger partial charge in [0.15, 0.2) is 5.69 Å². The zero-order chi connectivity index (χ0) is 25.4. The van der Waals surface area contributed by atoms with E-state index >= 15 is 0 Å². The van der Waals surface area contributed by atoms with Crippen LogP contribution in [0, 0.1) is 17.7 Å². The number of aryl methyl sites for hydroxylation is 1. The molecule has 37 heavy (non-hydrogen) atoms. The molecule has 4 aliphatic rings. The van der Waals surface area contributed by atoms with E-state index in [1.807, 2.05) is 18.2 Å². The molecule has 2 aliphatic carbocycles. The van der Waals surface area contributed by atoms with Crippen molar-refractivity contribution in [2.45, 2.75) is 81.6 Å². The van der Waals surface area contributed by atoms with Crippen LogP contribution in [0.2, 0.25) is 0 Å². The van der Waals surface area contributed by atoms with E-state index in [-0.39, 0.29) is 29.1 Å². The number of carbonyl (C=O) groups excluding carboxylic acids is 1. The molecule has 2 aliphatic heterocycles. The fourth-order valence-electron chi connectivity index (χ4n) is 8.17. The van der Waals surface area contributed by atoms with Crippen molar-refractivity contribution >= 4 is 5.91 Å². The number of carbonyl (C=O) groups is 1. The van der Waals surface area contributed by atoms with Crippen molar-refractivity contribution in [2.75, 3.05) is 26.7 Å². The summed E-state index contributed by atoms with van der Waals surface area (Å²) in [5.74, 6) is 1.64. The van der Waals surface area contributed by atoms with Gasteiger partial charge in [-0.15, -0.1) is 0 Å². The summed E-state index contributed by atoms with van der Waals surface area (Å²) in [7, 11) is 1.69. The number of hydrogen-bond acceptors (Lipinski definition) is 3. The van der Waals surface area contributed by atoms with Crippen LogP contribution >= 0.6 is 0 Å². The highest BCUT2D eigenvalue weighted by atomic mass is 19.1. The predicted octanol–water partition coefficient (Wildman–Crippen LogP) is 4.80. The smallest absolute Gasteiger partial charge is 0.366 e. The quantitative estimate of drug-likeness (QED) is 0.648. The number of amides is 1. The topological polar surface area (TPSA) is 55.7 Å². The molecule has 3 fully saturated rings. The number of methoxy groups -OCH3 is 1. The molecule has 0 unspecified atom stereocenters. The summed E-state index contributed by atoms with van der Waals surface area (Å²) in [4.78, 5) is 20.3. The number of hydrogen-bond donors (Lipinski definition) is 1. The van der Waals surface area contributed by atoms with Crippen LogP contribution in [0.15, 0.2) is 36.4 Å². The van der Waals surface area contributed by atoms with Gasteiger partial charge >= 0.3 is 5.88 Å². The normalized spacial score (nSPS) is 30.3. The van der Waals surface area contributed by atoms with Gasteiger partial charge in [0.05, 0.1) is 19.1 Å². The van der Waals surface area contributed by atoms with Crippen molar-refractivity contribution in [1.29, 1.82) is 0 Å². The van der Waals surface area contributed by atoms with Gasteiger partial charge in [0.25, 0.3) is 0 Å². The molecule has 1 amide bonds. The lowest BCUT2D eigenvalue weighted by Gasteiger charge is -2.47. The van der Waals surface area contributed by atoms with E-state index in [2.05, 4.69) is 21.3 Å². The van der Waals surface area contributed by atoms with Crippen LogP contribution in [0.25, 0.3) is 0 Å². The van der Waals surface area contributed by atoms with E-state index in [0.29, 0.717) is 11.8 Å². The van der Waals surface area contributed by atoms with Gasteiger partial charge < -0.3 is 15.0 Å². The highest BCUT2D eigenvalue weighted by molar-refractivity contribution is 5.82. The van der Waals surface area contributed by atoms with Gasteiger partial charge in [-0.05, 0) is 68.1 Å². The van der Waals surface area contributed by atoms with E-state index < -0.39 is 0 Å². The molecule has 1 aromatic heterocycles. The summed E-state index contributed by atoms with van der Waals surface area (Å²) in [6.07, 6.45) is 11.0. The number of aromatic nitrogens is 1. The minimum Gasteiger partial charge on any atom is -0.448 e. The number of pyridine rings is 1. The minimum atomic E-state index is -0.174. The Morgan fingerprint density at radius 2 is 1.95 bits per heavy atom. The molecule has 0 radical (unpaired) electrons. The fraction of sp³-hybridized carbons (Fsp3) is 0.613. The summed E-state index contributed by atoms with van der Waals surface area (Å²) in [6, 6.07) is 11.7. The predicted molar refractivity (Wildman–Crippen MR) is 141 cm³/mol. The Balaban J connectivity index is 1.31. The monoisotopic (exact) mass is 506 g/mol. The van der Waals surface area contributed by atoms with Crippen LogP contribution in [0.1, 0.15) is 80.5 Å². The van der Waals surface area contributed by atoms with Gasteiger partial charge in [-0.25, -0.2) is 4.39 Å². The number of nitrogens with one attached hydrogen (secondary N) is 2. The molecular weight excluding hydrogens is 465 g/mol. The second kappa shape index (κ2) is 10.4. The highest BCUT2D eigenvalue weighted by Gasteiger charge is 2.54. The van der Waals surface area contributed by atoms with Crippen molar-refractivity contribution < 1.29 is 18.9 Å². The molecule has 6 rings (SSSR count). The van der Waals surface area contributed by atoms with Gasteiger partial charge in [-0.1, -0.05) is 37.5 Å². The lowest BCUT2D eigenvalue weighted by molar-refractivity contribution is -0.406. The van der Waals surface area contributed by atoms with E-state index in [1.54, 1.807) is 19.2 Å². The molecule has 6 heteroatoms. The Labute approximate surface area is 220 Å². The van der Waals surface area contributed by atoms with Crippen molar-refractivity contribution in [3.63, 3.8) is 0 Å². The summed E-state index contributed by atoms with van der Waals surface area (Å²) < 4.78 is 20.2. The number of aromatic amines is 1. The van der Waals surface area contributed by atoms with E-state index in [1.165, 1.54) is 43.4 Å². The first-order chi connectivity index (χ1) is 18.1.